The smallest absolute Gasteiger partial charge is 0.256 e. The van der Waals surface area contributed by atoms with E-state index in [4.69, 9.17) is 0 Å². The van der Waals surface area contributed by atoms with E-state index in [-0.39, 0.29) is 17.9 Å². The second-order valence-electron chi connectivity index (χ2n) is 6.61. The Kier molecular flexibility index (Phi) is 2.84. The molecule has 1 unspecified atom stereocenters. The fraction of sp³-hybridized carbons (Fsp3) is 0.625. The van der Waals surface area contributed by atoms with E-state index in [0.29, 0.717) is 24.8 Å². The van der Waals surface area contributed by atoms with Gasteiger partial charge in [-0.05, 0) is 50.0 Å². The van der Waals surface area contributed by atoms with Crippen molar-refractivity contribution in [2.75, 3.05) is 13.6 Å². The average Bonchev–Trinajstić information content (AvgIpc) is 3.41. The molecule has 0 spiro atoms. The van der Waals surface area contributed by atoms with Crippen molar-refractivity contribution < 1.29 is 9.59 Å². The van der Waals surface area contributed by atoms with Crippen LogP contribution in [0.3, 0.4) is 0 Å². The lowest BCUT2D eigenvalue weighted by Crippen LogP contribution is -2.41. The molecule has 0 aromatic carbocycles. The first-order valence-electron chi connectivity index (χ1n) is 7.93. The summed E-state index contributed by atoms with van der Waals surface area (Å²) in [5.74, 6) is 1.09. The van der Waals surface area contributed by atoms with E-state index in [1.807, 2.05) is 6.07 Å². The first-order valence-corrected chi connectivity index (χ1v) is 7.93. The molecule has 1 aliphatic heterocycles. The fourth-order valence-electron chi connectivity index (χ4n) is 3.26. The maximum atomic E-state index is 12.8. The Bertz CT molecular complexity index is 599. The molecule has 21 heavy (non-hydrogen) atoms. The molecular formula is C16H21N3O2. The Morgan fingerprint density at radius 3 is 2.48 bits per heavy atom. The van der Waals surface area contributed by atoms with Gasteiger partial charge in [-0.25, -0.2) is 0 Å². The molecule has 5 heteroatoms. The van der Waals surface area contributed by atoms with Crippen LogP contribution >= 0.6 is 0 Å². The number of likely N-dealkylation sites (N-methyl/N-ethyl adjacent to an activating group) is 1. The first-order chi connectivity index (χ1) is 10.1. The number of aromatic amines is 1. The number of H-pyrrole nitrogens is 1. The summed E-state index contributed by atoms with van der Waals surface area (Å²) in [6, 6.07) is 1.72. The summed E-state index contributed by atoms with van der Waals surface area (Å²) in [5, 5.41) is 2.80. The highest BCUT2D eigenvalue weighted by molar-refractivity contribution is 5.99. The number of amides is 2. The highest BCUT2D eigenvalue weighted by Crippen LogP contribution is 2.45. The minimum atomic E-state index is -0.316. The number of rotatable bonds is 4. The Hall–Kier alpha value is -1.78. The van der Waals surface area contributed by atoms with Gasteiger partial charge in [0, 0.05) is 25.0 Å². The molecule has 3 aliphatic rings. The van der Waals surface area contributed by atoms with E-state index in [2.05, 4.69) is 10.3 Å². The molecule has 1 atom stereocenters. The van der Waals surface area contributed by atoms with Gasteiger partial charge < -0.3 is 15.2 Å². The Morgan fingerprint density at radius 1 is 1.19 bits per heavy atom. The van der Waals surface area contributed by atoms with Gasteiger partial charge in [-0.1, -0.05) is 0 Å². The fourth-order valence-corrected chi connectivity index (χ4v) is 3.26. The van der Waals surface area contributed by atoms with Crippen molar-refractivity contribution >= 4 is 11.8 Å². The maximum absolute atomic E-state index is 12.8. The van der Waals surface area contributed by atoms with E-state index in [9.17, 15) is 9.59 Å². The lowest BCUT2D eigenvalue weighted by atomic mass is 10.1. The van der Waals surface area contributed by atoms with E-state index in [1.54, 1.807) is 11.9 Å². The van der Waals surface area contributed by atoms with Gasteiger partial charge in [0.1, 0.15) is 6.04 Å². The van der Waals surface area contributed by atoms with Gasteiger partial charge >= 0.3 is 0 Å². The van der Waals surface area contributed by atoms with Crippen molar-refractivity contribution in [2.45, 2.75) is 50.0 Å². The molecule has 2 heterocycles. The van der Waals surface area contributed by atoms with Crippen LogP contribution < -0.4 is 5.32 Å². The SMILES string of the molecule is CN(C(=O)c1cc(C2CC2)[nH]c1C1CC1)C1CCNC1=O. The van der Waals surface area contributed by atoms with Crippen LogP contribution in [0.2, 0.25) is 0 Å². The molecule has 1 aromatic heterocycles. The molecule has 5 nitrogen and oxygen atoms in total. The normalized spacial score (nSPS) is 25.0. The maximum Gasteiger partial charge on any atom is 0.256 e. The summed E-state index contributed by atoms with van der Waals surface area (Å²) in [5.41, 5.74) is 3.11. The van der Waals surface area contributed by atoms with Crippen LogP contribution in [-0.2, 0) is 4.79 Å². The van der Waals surface area contributed by atoms with Crippen molar-refractivity contribution in [3.8, 4) is 0 Å². The van der Waals surface area contributed by atoms with Gasteiger partial charge in [-0.15, -0.1) is 0 Å². The van der Waals surface area contributed by atoms with E-state index in [0.717, 1.165) is 11.3 Å². The summed E-state index contributed by atoms with van der Waals surface area (Å²) in [6.45, 7) is 0.664. The zero-order chi connectivity index (χ0) is 14.6. The zero-order valence-electron chi connectivity index (χ0n) is 12.3. The number of carbonyl (C=O) groups is 2. The van der Waals surface area contributed by atoms with Crippen molar-refractivity contribution in [3.05, 3.63) is 23.0 Å². The predicted molar refractivity (Wildman–Crippen MR) is 78.3 cm³/mol. The zero-order valence-corrected chi connectivity index (χ0v) is 12.3. The van der Waals surface area contributed by atoms with Crippen LogP contribution in [0.4, 0.5) is 0 Å². The second kappa shape index (κ2) is 4.61. The summed E-state index contributed by atoms with van der Waals surface area (Å²) >= 11 is 0. The van der Waals surface area contributed by atoms with E-state index >= 15 is 0 Å². The molecule has 112 valence electrons. The first kappa shape index (κ1) is 12.9. The van der Waals surface area contributed by atoms with Crippen molar-refractivity contribution in [1.82, 2.24) is 15.2 Å². The molecule has 2 saturated carbocycles. The molecule has 1 aromatic rings. The molecule has 2 amide bonds. The van der Waals surface area contributed by atoms with Crippen LogP contribution in [0.5, 0.6) is 0 Å². The standard InChI is InChI=1S/C16H21N3O2/c1-19(13-6-7-17-15(13)20)16(21)11-8-12(9-2-3-9)18-14(11)10-4-5-10/h8-10,13,18H,2-7H2,1H3,(H,17,20). The molecule has 2 N–H and O–H groups in total. The molecule has 0 bridgehead atoms. The number of nitrogens with one attached hydrogen (secondary N) is 2. The van der Waals surface area contributed by atoms with Gasteiger partial charge in [0.25, 0.3) is 5.91 Å². The highest BCUT2D eigenvalue weighted by Gasteiger charge is 2.37. The summed E-state index contributed by atoms with van der Waals surface area (Å²) in [4.78, 5) is 29.7. The van der Waals surface area contributed by atoms with Crippen LogP contribution in [0.15, 0.2) is 6.07 Å². The lowest BCUT2D eigenvalue weighted by molar-refractivity contribution is -0.122. The Balaban J connectivity index is 1.62. The lowest BCUT2D eigenvalue weighted by Gasteiger charge is -2.22. The number of hydrogen-bond donors (Lipinski definition) is 2. The molecule has 1 saturated heterocycles. The van der Waals surface area contributed by atoms with Crippen LogP contribution in [0, 0.1) is 0 Å². The topological polar surface area (TPSA) is 65.2 Å². The van der Waals surface area contributed by atoms with Crippen LogP contribution in [-0.4, -0.2) is 41.3 Å². The molecule has 2 aliphatic carbocycles. The number of nitrogens with zero attached hydrogens (tertiary/aromatic N) is 1. The van der Waals surface area contributed by atoms with Crippen molar-refractivity contribution in [3.63, 3.8) is 0 Å². The molecule has 4 rings (SSSR count). The highest BCUT2D eigenvalue weighted by atomic mass is 16.2. The van der Waals surface area contributed by atoms with Gasteiger partial charge in [0.2, 0.25) is 5.91 Å². The van der Waals surface area contributed by atoms with Crippen LogP contribution in [0.25, 0.3) is 0 Å². The monoisotopic (exact) mass is 287 g/mol. The van der Waals surface area contributed by atoms with E-state index < -0.39 is 0 Å². The average molecular weight is 287 g/mol. The number of aromatic nitrogens is 1. The summed E-state index contributed by atoms with van der Waals surface area (Å²) < 4.78 is 0. The summed E-state index contributed by atoms with van der Waals surface area (Å²) in [6.07, 6.45) is 5.48. The number of hydrogen-bond acceptors (Lipinski definition) is 2. The Morgan fingerprint density at radius 2 is 1.90 bits per heavy atom. The van der Waals surface area contributed by atoms with Crippen molar-refractivity contribution in [1.29, 1.82) is 0 Å². The predicted octanol–water partition coefficient (Wildman–Crippen LogP) is 1.73. The Labute approximate surface area is 124 Å². The minimum absolute atomic E-state index is 0.0119. The van der Waals surface area contributed by atoms with Gasteiger partial charge in [0.15, 0.2) is 0 Å². The minimum Gasteiger partial charge on any atom is -0.361 e. The summed E-state index contributed by atoms with van der Waals surface area (Å²) in [7, 11) is 1.75. The van der Waals surface area contributed by atoms with Crippen molar-refractivity contribution in [2.24, 2.45) is 0 Å². The number of carbonyl (C=O) groups excluding carboxylic acids is 2. The molecular weight excluding hydrogens is 266 g/mol. The third-order valence-corrected chi connectivity index (χ3v) is 4.91. The molecule has 3 fully saturated rings. The third kappa shape index (κ3) is 2.24. The van der Waals surface area contributed by atoms with Gasteiger partial charge in [-0.2, -0.15) is 0 Å². The van der Waals surface area contributed by atoms with Gasteiger partial charge in [-0.3, -0.25) is 9.59 Å². The van der Waals surface area contributed by atoms with Crippen LogP contribution in [0.1, 0.15) is 65.7 Å². The van der Waals surface area contributed by atoms with Gasteiger partial charge in [0.05, 0.1) is 5.56 Å². The second-order valence-corrected chi connectivity index (χ2v) is 6.61. The molecule has 0 radical (unpaired) electrons. The quantitative estimate of drug-likeness (QED) is 0.885. The largest absolute Gasteiger partial charge is 0.361 e. The van der Waals surface area contributed by atoms with E-state index in [1.165, 1.54) is 31.4 Å². The third-order valence-electron chi connectivity index (χ3n) is 4.91.